The number of benzene rings is 1. The molecular weight excluding hydrogens is 286 g/mol. The third-order valence-corrected chi connectivity index (χ3v) is 4.81. The number of aliphatic hydroxyl groups is 1. The first-order chi connectivity index (χ1) is 9.51. The second kappa shape index (κ2) is 5.02. The highest BCUT2D eigenvalue weighted by Gasteiger charge is 2.09. The average molecular weight is 299 g/mol. The largest absolute Gasteiger partial charge is 0.378 e. The summed E-state index contributed by atoms with van der Waals surface area (Å²) in [6, 6.07) is 12.2. The first-order valence-corrected chi connectivity index (χ1v) is 7.86. The molecule has 20 heavy (non-hydrogen) atoms. The van der Waals surface area contributed by atoms with Crippen LogP contribution in [0.15, 0.2) is 36.4 Å². The molecule has 0 aliphatic carbocycles. The van der Waals surface area contributed by atoms with Crippen LogP contribution in [0.5, 0.6) is 0 Å². The fraction of sp³-hybridized carbons (Fsp3) is 0.188. The molecule has 0 amide bonds. The van der Waals surface area contributed by atoms with Gasteiger partial charge in [0.25, 0.3) is 0 Å². The lowest BCUT2D eigenvalue weighted by Gasteiger charge is -2.05. The number of aromatic nitrogens is 1. The lowest BCUT2D eigenvalue weighted by Crippen LogP contribution is -2.14. The predicted molar refractivity (Wildman–Crippen MR) is 86.1 cm³/mol. The predicted octanol–water partition coefficient (Wildman–Crippen LogP) is 4.15. The van der Waals surface area contributed by atoms with Crippen LogP contribution in [0.4, 0.5) is 0 Å². The summed E-state index contributed by atoms with van der Waals surface area (Å²) in [5.41, 5.74) is 0.0741. The topological polar surface area (TPSA) is 33.1 Å². The Balaban J connectivity index is 1.95. The van der Waals surface area contributed by atoms with Gasteiger partial charge in [-0.3, -0.25) is 0 Å². The van der Waals surface area contributed by atoms with Crippen LogP contribution >= 0.6 is 22.7 Å². The molecule has 0 bridgehead atoms. The highest BCUT2D eigenvalue weighted by Crippen LogP contribution is 2.34. The maximum absolute atomic E-state index is 9.62. The Morgan fingerprint density at radius 2 is 1.90 bits per heavy atom. The van der Waals surface area contributed by atoms with Crippen LogP contribution in [0, 0.1) is 11.8 Å². The van der Waals surface area contributed by atoms with Gasteiger partial charge in [-0.2, -0.15) is 0 Å². The molecule has 2 nitrogen and oxygen atoms in total. The number of thiazole rings is 1. The minimum atomic E-state index is -0.958. The van der Waals surface area contributed by atoms with E-state index in [1.165, 1.54) is 4.70 Å². The standard InChI is InChI=1S/C16H13NOS2/c1-16(2,18)10-9-11-7-8-14(19-11)15-17-12-5-3-4-6-13(12)20-15/h3-8,18H,1-2H3. The van der Waals surface area contributed by atoms with E-state index in [4.69, 9.17) is 0 Å². The van der Waals surface area contributed by atoms with Crippen molar-refractivity contribution >= 4 is 32.9 Å². The molecule has 0 saturated heterocycles. The number of nitrogens with zero attached hydrogens (tertiary/aromatic N) is 1. The Morgan fingerprint density at radius 3 is 2.65 bits per heavy atom. The second-order valence-corrected chi connectivity index (χ2v) is 7.07. The molecule has 2 aromatic heterocycles. The zero-order valence-corrected chi connectivity index (χ0v) is 12.8. The summed E-state index contributed by atoms with van der Waals surface area (Å²) >= 11 is 3.29. The van der Waals surface area contributed by atoms with Crippen LogP contribution in [0.3, 0.4) is 0 Å². The van der Waals surface area contributed by atoms with E-state index in [0.717, 1.165) is 20.3 Å². The molecule has 0 spiro atoms. The van der Waals surface area contributed by atoms with E-state index in [2.05, 4.69) is 22.9 Å². The summed E-state index contributed by atoms with van der Waals surface area (Å²) in [5.74, 6) is 5.83. The fourth-order valence-corrected chi connectivity index (χ4v) is 3.59. The molecular formula is C16H13NOS2. The molecule has 0 saturated carbocycles. The van der Waals surface area contributed by atoms with Gasteiger partial charge in [-0.15, -0.1) is 22.7 Å². The molecule has 0 radical (unpaired) electrons. The SMILES string of the molecule is CC(C)(O)C#Cc1ccc(-c2nc3ccccc3s2)s1. The number of thiophene rings is 1. The van der Waals surface area contributed by atoms with Crippen molar-refractivity contribution in [3.63, 3.8) is 0 Å². The van der Waals surface area contributed by atoms with Gasteiger partial charge in [0, 0.05) is 0 Å². The zero-order valence-electron chi connectivity index (χ0n) is 11.2. The summed E-state index contributed by atoms with van der Waals surface area (Å²) < 4.78 is 1.19. The van der Waals surface area contributed by atoms with Gasteiger partial charge >= 0.3 is 0 Å². The van der Waals surface area contributed by atoms with E-state index in [-0.39, 0.29) is 0 Å². The third kappa shape index (κ3) is 2.91. The molecule has 1 aromatic carbocycles. The van der Waals surface area contributed by atoms with Crippen molar-refractivity contribution in [2.24, 2.45) is 0 Å². The van der Waals surface area contributed by atoms with Crippen molar-refractivity contribution in [2.45, 2.75) is 19.4 Å². The fourth-order valence-electron chi connectivity index (χ4n) is 1.71. The summed E-state index contributed by atoms with van der Waals surface area (Å²) in [7, 11) is 0. The van der Waals surface area contributed by atoms with Crippen molar-refractivity contribution in [3.05, 3.63) is 41.3 Å². The van der Waals surface area contributed by atoms with Gasteiger partial charge in [0.05, 0.1) is 20.0 Å². The molecule has 100 valence electrons. The molecule has 1 N–H and O–H groups in total. The highest BCUT2D eigenvalue weighted by molar-refractivity contribution is 7.25. The van der Waals surface area contributed by atoms with Crippen LogP contribution in [0.25, 0.3) is 20.1 Å². The van der Waals surface area contributed by atoms with Gasteiger partial charge in [-0.1, -0.05) is 24.0 Å². The van der Waals surface area contributed by atoms with Gasteiger partial charge in [0.2, 0.25) is 0 Å². The Labute approximate surface area is 125 Å². The Kier molecular flexibility index (Phi) is 3.35. The van der Waals surface area contributed by atoms with E-state index in [9.17, 15) is 5.11 Å². The van der Waals surface area contributed by atoms with Gasteiger partial charge in [-0.25, -0.2) is 4.98 Å². The first kappa shape index (κ1) is 13.3. The minimum absolute atomic E-state index is 0.946. The van der Waals surface area contributed by atoms with E-state index in [1.807, 2.05) is 30.3 Å². The summed E-state index contributed by atoms with van der Waals surface area (Å²) in [6.45, 7) is 3.37. The first-order valence-electron chi connectivity index (χ1n) is 6.23. The number of para-hydroxylation sites is 1. The van der Waals surface area contributed by atoms with Crippen LogP contribution < -0.4 is 0 Å². The molecule has 0 fully saturated rings. The highest BCUT2D eigenvalue weighted by atomic mass is 32.1. The molecule has 3 rings (SSSR count). The number of hydrogen-bond acceptors (Lipinski definition) is 4. The van der Waals surface area contributed by atoms with Crippen molar-refractivity contribution in [3.8, 4) is 21.7 Å². The van der Waals surface area contributed by atoms with E-state index < -0.39 is 5.60 Å². The van der Waals surface area contributed by atoms with E-state index in [1.54, 1.807) is 36.5 Å². The van der Waals surface area contributed by atoms with Gasteiger partial charge < -0.3 is 5.11 Å². The lowest BCUT2D eigenvalue weighted by molar-refractivity contribution is 0.143. The van der Waals surface area contributed by atoms with Crippen LogP contribution in [0.1, 0.15) is 18.7 Å². The molecule has 4 heteroatoms. The summed E-state index contributed by atoms with van der Waals surface area (Å²) in [6.07, 6.45) is 0. The summed E-state index contributed by atoms with van der Waals surface area (Å²) in [4.78, 5) is 6.70. The second-order valence-electron chi connectivity index (χ2n) is 4.96. The molecule has 0 aliphatic heterocycles. The Bertz CT molecular complexity index is 779. The summed E-state index contributed by atoms with van der Waals surface area (Å²) in [5, 5.41) is 10.6. The van der Waals surface area contributed by atoms with Crippen LogP contribution in [0.2, 0.25) is 0 Å². The van der Waals surface area contributed by atoms with Gasteiger partial charge in [0.15, 0.2) is 0 Å². The van der Waals surface area contributed by atoms with E-state index >= 15 is 0 Å². The van der Waals surface area contributed by atoms with Gasteiger partial charge in [-0.05, 0) is 38.1 Å². The Morgan fingerprint density at radius 1 is 1.10 bits per heavy atom. The Hall–Kier alpha value is -1.67. The normalized spacial score (nSPS) is 11.3. The third-order valence-electron chi connectivity index (χ3n) is 2.60. The molecule has 0 atom stereocenters. The zero-order chi connectivity index (χ0) is 14.2. The smallest absolute Gasteiger partial charge is 0.134 e. The van der Waals surface area contributed by atoms with Crippen LogP contribution in [-0.4, -0.2) is 15.7 Å². The maximum atomic E-state index is 9.62. The van der Waals surface area contributed by atoms with Gasteiger partial charge in [0.1, 0.15) is 10.6 Å². The van der Waals surface area contributed by atoms with Crippen LogP contribution in [-0.2, 0) is 0 Å². The quantitative estimate of drug-likeness (QED) is 0.685. The molecule has 0 aliphatic rings. The number of rotatable bonds is 1. The maximum Gasteiger partial charge on any atom is 0.134 e. The lowest BCUT2D eigenvalue weighted by atomic mass is 10.1. The monoisotopic (exact) mass is 299 g/mol. The molecule has 2 heterocycles. The molecule has 0 unspecified atom stereocenters. The van der Waals surface area contributed by atoms with Crippen molar-refractivity contribution < 1.29 is 5.11 Å². The van der Waals surface area contributed by atoms with E-state index in [0.29, 0.717) is 0 Å². The van der Waals surface area contributed by atoms with Crippen molar-refractivity contribution in [2.75, 3.05) is 0 Å². The minimum Gasteiger partial charge on any atom is -0.378 e. The average Bonchev–Trinajstić information content (AvgIpc) is 3.01. The van der Waals surface area contributed by atoms with Crippen molar-refractivity contribution in [1.82, 2.24) is 4.98 Å². The van der Waals surface area contributed by atoms with Crippen molar-refractivity contribution in [1.29, 1.82) is 0 Å². The number of fused-ring (bicyclic) bond motifs is 1. The number of hydrogen-bond donors (Lipinski definition) is 1. The molecule has 3 aromatic rings.